The van der Waals surface area contributed by atoms with Gasteiger partial charge in [0, 0.05) is 5.54 Å². The SMILES string of the molecule is CCC(C)(C(NN)c1ccc(OC)cc1)N1CCCC1. The molecule has 4 nitrogen and oxygen atoms in total. The van der Waals surface area contributed by atoms with Crippen LogP contribution in [0.4, 0.5) is 0 Å². The van der Waals surface area contributed by atoms with Crippen LogP contribution < -0.4 is 16.0 Å². The lowest BCUT2D eigenvalue weighted by atomic mass is 9.83. The third-order valence-electron chi connectivity index (χ3n) is 4.78. The van der Waals surface area contributed by atoms with Crippen LogP contribution in [0.25, 0.3) is 0 Å². The molecular formula is C16H27N3O. The molecule has 0 aliphatic carbocycles. The summed E-state index contributed by atoms with van der Waals surface area (Å²) in [6.45, 7) is 6.89. The topological polar surface area (TPSA) is 50.5 Å². The van der Waals surface area contributed by atoms with Crippen LogP contribution in [0, 0.1) is 0 Å². The molecule has 1 saturated heterocycles. The van der Waals surface area contributed by atoms with Crippen LogP contribution >= 0.6 is 0 Å². The number of ether oxygens (including phenoxy) is 1. The number of benzene rings is 1. The minimum atomic E-state index is 0.0415. The Kier molecular flexibility index (Phi) is 5.02. The van der Waals surface area contributed by atoms with E-state index in [0.717, 1.165) is 12.2 Å². The van der Waals surface area contributed by atoms with E-state index < -0.39 is 0 Å². The molecule has 0 amide bonds. The maximum atomic E-state index is 5.90. The van der Waals surface area contributed by atoms with Crippen molar-refractivity contribution in [2.45, 2.75) is 44.7 Å². The molecule has 0 spiro atoms. The maximum absolute atomic E-state index is 5.90. The molecular weight excluding hydrogens is 250 g/mol. The van der Waals surface area contributed by atoms with Crippen molar-refractivity contribution >= 4 is 0 Å². The lowest BCUT2D eigenvalue weighted by Crippen LogP contribution is -2.54. The average molecular weight is 277 g/mol. The molecule has 4 heteroatoms. The molecule has 112 valence electrons. The second kappa shape index (κ2) is 6.57. The summed E-state index contributed by atoms with van der Waals surface area (Å²) in [7, 11) is 1.69. The van der Waals surface area contributed by atoms with E-state index in [1.165, 1.54) is 31.5 Å². The summed E-state index contributed by atoms with van der Waals surface area (Å²) < 4.78 is 5.23. The molecule has 1 aliphatic heterocycles. The summed E-state index contributed by atoms with van der Waals surface area (Å²) in [5.41, 5.74) is 4.30. The summed E-state index contributed by atoms with van der Waals surface area (Å²) in [6, 6.07) is 8.33. The second-order valence-corrected chi connectivity index (χ2v) is 5.78. The highest BCUT2D eigenvalue weighted by atomic mass is 16.5. The molecule has 2 atom stereocenters. The fraction of sp³-hybridized carbons (Fsp3) is 0.625. The first-order chi connectivity index (χ1) is 9.65. The van der Waals surface area contributed by atoms with Gasteiger partial charge in [0.25, 0.3) is 0 Å². The number of nitrogens with one attached hydrogen (secondary N) is 1. The van der Waals surface area contributed by atoms with Crippen molar-refractivity contribution in [3.05, 3.63) is 29.8 Å². The minimum Gasteiger partial charge on any atom is -0.497 e. The first kappa shape index (κ1) is 15.3. The number of methoxy groups -OCH3 is 1. The van der Waals surface area contributed by atoms with Gasteiger partial charge < -0.3 is 4.74 Å². The molecule has 3 N–H and O–H groups in total. The highest BCUT2D eigenvalue weighted by Crippen LogP contribution is 2.36. The summed E-state index contributed by atoms with van der Waals surface area (Å²) in [5.74, 6) is 6.78. The van der Waals surface area contributed by atoms with E-state index in [9.17, 15) is 0 Å². The van der Waals surface area contributed by atoms with Gasteiger partial charge in [-0.05, 0) is 57.0 Å². The number of hydrazine groups is 1. The van der Waals surface area contributed by atoms with E-state index in [4.69, 9.17) is 10.6 Å². The van der Waals surface area contributed by atoms with E-state index in [0.29, 0.717) is 0 Å². The largest absolute Gasteiger partial charge is 0.497 e. The monoisotopic (exact) mass is 277 g/mol. The molecule has 0 aromatic heterocycles. The van der Waals surface area contributed by atoms with Gasteiger partial charge in [0.05, 0.1) is 13.2 Å². The van der Waals surface area contributed by atoms with E-state index in [1.807, 2.05) is 12.1 Å². The highest BCUT2D eigenvalue weighted by Gasteiger charge is 2.39. The summed E-state index contributed by atoms with van der Waals surface area (Å²) in [5, 5.41) is 0. The lowest BCUT2D eigenvalue weighted by molar-refractivity contribution is 0.0840. The van der Waals surface area contributed by atoms with Crippen molar-refractivity contribution in [1.82, 2.24) is 10.3 Å². The van der Waals surface area contributed by atoms with Gasteiger partial charge in [-0.1, -0.05) is 19.1 Å². The Morgan fingerprint density at radius 3 is 2.35 bits per heavy atom. The maximum Gasteiger partial charge on any atom is 0.118 e. The van der Waals surface area contributed by atoms with Crippen LogP contribution in [0.1, 0.15) is 44.7 Å². The zero-order valence-electron chi connectivity index (χ0n) is 12.9. The number of hydrogen-bond acceptors (Lipinski definition) is 4. The average Bonchev–Trinajstić information content (AvgIpc) is 3.03. The third-order valence-corrected chi connectivity index (χ3v) is 4.78. The van der Waals surface area contributed by atoms with Gasteiger partial charge in [-0.25, -0.2) is 0 Å². The molecule has 1 heterocycles. The second-order valence-electron chi connectivity index (χ2n) is 5.78. The van der Waals surface area contributed by atoms with E-state index in [2.05, 4.69) is 36.3 Å². The smallest absolute Gasteiger partial charge is 0.118 e. The van der Waals surface area contributed by atoms with E-state index in [-0.39, 0.29) is 11.6 Å². The van der Waals surface area contributed by atoms with Gasteiger partial charge in [-0.15, -0.1) is 0 Å². The van der Waals surface area contributed by atoms with Gasteiger partial charge in [0.2, 0.25) is 0 Å². The van der Waals surface area contributed by atoms with Gasteiger partial charge >= 0.3 is 0 Å². The molecule has 2 rings (SSSR count). The third kappa shape index (κ3) is 2.82. The molecule has 20 heavy (non-hydrogen) atoms. The molecule has 0 bridgehead atoms. The van der Waals surface area contributed by atoms with Crippen molar-refractivity contribution in [2.75, 3.05) is 20.2 Å². The number of nitrogens with two attached hydrogens (primary N) is 1. The summed E-state index contributed by atoms with van der Waals surface area (Å²) >= 11 is 0. The van der Waals surface area contributed by atoms with Gasteiger partial charge in [0.1, 0.15) is 5.75 Å². The van der Waals surface area contributed by atoms with E-state index in [1.54, 1.807) is 7.11 Å². The minimum absolute atomic E-state index is 0.0415. The van der Waals surface area contributed by atoms with Gasteiger partial charge in [-0.3, -0.25) is 16.2 Å². The lowest BCUT2D eigenvalue weighted by Gasteiger charge is -2.44. The van der Waals surface area contributed by atoms with Gasteiger partial charge in [-0.2, -0.15) is 0 Å². The van der Waals surface area contributed by atoms with E-state index >= 15 is 0 Å². The van der Waals surface area contributed by atoms with Crippen molar-refractivity contribution in [3.8, 4) is 5.75 Å². The fourth-order valence-corrected chi connectivity index (χ4v) is 3.27. The normalized spacial score (nSPS) is 20.6. The molecule has 1 aromatic carbocycles. The Balaban J connectivity index is 2.27. The first-order valence-electron chi connectivity index (χ1n) is 7.51. The predicted molar refractivity (Wildman–Crippen MR) is 82.6 cm³/mol. The molecule has 1 aliphatic rings. The summed E-state index contributed by atoms with van der Waals surface area (Å²) in [4.78, 5) is 2.57. The van der Waals surface area contributed by atoms with Crippen LogP contribution in [0.2, 0.25) is 0 Å². The first-order valence-corrected chi connectivity index (χ1v) is 7.51. The van der Waals surface area contributed by atoms with Crippen LogP contribution in [0.3, 0.4) is 0 Å². The quantitative estimate of drug-likeness (QED) is 0.619. The van der Waals surface area contributed by atoms with Crippen molar-refractivity contribution in [1.29, 1.82) is 0 Å². The van der Waals surface area contributed by atoms with Crippen molar-refractivity contribution in [3.63, 3.8) is 0 Å². The van der Waals surface area contributed by atoms with Crippen LogP contribution in [0.5, 0.6) is 5.75 Å². The van der Waals surface area contributed by atoms with Gasteiger partial charge in [0.15, 0.2) is 0 Å². The summed E-state index contributed by atoms with van der Waals surface area (Å²) in [6.07, 6.45) is 3.64. The molecule has 1 fully saturated rings. The van der Waals surface area contributed by atoms with Crippen LogP contribution in [0.15, 0.2) is 24.3 Å². The number of rotatable bonds is 6. The number of hydrogen-bond donors (Lipinski definition) is 2. The Morgan fingerprint density at radius 2 is 1.90 bits per heavy atom. The zero-order chi connectivity index (χ0) is 14.6. The Labute approximate surface area is 122 Å². The van der Waals surface area contributed by atoms with Crippen LogP contribution in [-0.4, -0.2) is 30.6 Å². The highest BCUT2D eigenvalue weighted by molar-refractivity contribution is 5.31. The van der Waals surface area contributed by atoms with Crippen LogP contribution in [-0.2, 0) is 0 Å². The van der Waals surface area contributed by atoms with Crippen molar-refractivity contribution in [2.24, 2.45) is 5.84 Å². The molecule has 0 saturated carbocycles. The van der Waals surface area contributed by atoms with Crippen molar-refractivity contribution < 1.29 is 4.74 Å². The molecule has 0 radical (unpaired) electrons. The number of nitrogens with zero attached hydrogens (tertiary/aromatic N) is 1. The zero-order valence-corrected chi connectivity index (χ0v) is 12.9. The predicted octanol–water partition coefficient (Wildman–Crippen LogP) is 2.46. The Bertz CT molecular complexity index is 414. The molecule has 2 unspecified atom stereocenters. The fourth-order valence-electron chi connectivity index (χ4n) is 3.27. The Hall–Kier alpha value is -1.10. The molecule has 1 aromatic rings. The Morgan fingerprint density at radius 1 is 1.30 bits per heavy atom. The number of likely N-dealkylation sites (tertiary alicyclic amines) is 1. The standard InChI is InChI=1S/C16H27N3O/c1-4-16(2,19-11-5-6-12-19)15(18-17)13-7-9-14(20-3)10-8-13/h7-10,15,18H,4-6,11-12,17H2,1-3H3.